The lowest BCUT2D eigenvalue weighted by atomic mass is 9.96. The Morgan fingerprint density at radius 3 is 2.32 bits per heavy atom. The number of carbonyl (C=O) groups excluding carboxylic acids is 5. The quantitative estimate of drug-likeness (QED) is 0.166. The average molecular weight is 708 g/mol. The highest BCUT2D eigenvalue weighted by Gasteiger charge is 2.50. The molecule has 50 heavy (non-hydrogen) atoms. The summed E-state index contributed by atoms with van der Waals surface area (Å²) in [6.07, 6.45) is -3.45. The topological polar surface area (TPSA) is 189 Å². The standard InChI is InChI=1S/C36H45N5O8S/c1-35(2,3)40-32(45)30-36(4,5)50-20-41(30)33(46)29(43)25(18-22-12-7-6-8-13-22)38-31(44)26(19-28(37)42)39-34(47)49-21-48-27-17-11-15-23-14-9-10-16-24(23)27/h6-17,25-26,29-30,43H,18-21H2,1-5H3,(H2,37,42)(H,38,44)(H,39,47)(H,40,45)/t25-,26-,29-,30?/m0/s1. The Morgan fingerprint density at radius 1 is 0.980 bits per heavy atom. The molecule has 0 radical (unpaired) electrons. The van der Waals surface area contributed by atoms with Crippen LogP contribution in [0, 0.1) is 0 Å². The lowest BCUT2D eigenvalue weighted by molar-refractivity contribution is -0.148. The first-order valence-corrected chi connectivity index (χ1v) is 17.2. The lowest BCUT2D eigenvalue weighted by Crippen LogP contribution is -2.61. The van der Waals surface area contributed by atoms with Gasteiger partial charge in [0.1, 0.15) is 17.8 Å². The number of nitrogens with zero attached hydrogens (tertiary/aromatic N) is 1. The number of hydrogen-bond donors (Lipinski definition) is 5. The van der Waals surface area contributed by atoms with Gasteiger partial charge >= 0.3 is 6.09 Å². The molecule has 1 aliphatic rings. The first-order valence-electron chi connectivity index (χ1n) is 16.2. The van der Waals surface area contributed by atoms with Gasteiger partial charge in [-0.1, -0.05) is 66.7 Å². The van der Waals surface area contributed by atoms with Gasteiger partial charge in [0, 0.05) is 15.7 Å². The number of aliphatic hydroxyl groups excluding tert-OH is 1. The maximum Gasteiger partial charge on any atom is 0.410 e. The van der Waals surface area contributed by atoms with Crippen LogP contribution >= 0.6 is 11.8 Å². The van der Waals surface area contributed by atoms with Gasteiger partial charge in [0.15, 0.2) is 6.10 Å². The number of amides is 5. The molecule has 4 rings (SSSR count). The molecule has 13 nitrogen and oxygen atoms in total. The van der Waals surface area contributed by atoms with Crippen LogP contribution in [0.3, 0.4) is 0 Å². The summed E-state index contributed by atoms with van der Waals surface area (Å²) >= 11 is 1.39. The van der Waals surface area contributed by atoms with Gasteiger partial charge in [-0.15, -0.1) is 11.8 Å². The zero-order chi connectivity index (χ0) is 36.6. The van der Waals surface area contributed by atoms with Crippen molar-refractivity contribution in [1.82, 2.24) is 20.9 Å². The highest BCUT2D eigenvalue weighted by molar-refractivity contribution is 8.00. The molecule has 0 bridgehead atoms. The predicted molar refractivity (Wildman–Crippen MR) is 190 cm³/mol. The van der Waals surface area contributed by atoms with Crippen LogP contribution in [0.1, 0.15) is 46.6 Å². The first-order chi connectivity index (χ1) is 23.6. The van der Waals surface area contributed by atoms with Gasteiger partial charge in [0.25, 0.3) is 5.91 Å². The van der Waals surface area contributed by atoms with Crippen LogP contribution in [-0.4, -0.2) is 86.9 Å². The Balaban J connectivity index is 1.48. The number of benzene rings is 3. The molecule has 1 fully saturated rings. The van der Waals surface area contributed by atoms with E-state index in [0.29, 0.717) is 11.3 Å². The van der Waals surface area contributed by atoms with Gasteiger partial charge in [-0.2, -0.15) is 0 Å². The third kappa shape index (κ3) is 10.1. The molecule has 1 aliphatic heterocycles. The van der Waals surface area contributed by atoms with E-state index in [1.165, 1.54) is 16.7 Å². The van der Waals surface area contributed by atoms with E-state index in [9.17, 15) is 29.1 Å². The minimum absolute atomic E-state index is 0.00925. The number of nitrogens with two attached hydrogens (primary N) is 1. The van der Waals surface area contributed by atoms with Crippen molar-refractivity contribution >= 4 is 52.3 Å². The number of hydrogen-bond acceptors (Lipinski definition) is 9. The Morgan fingerprint density at radius 2 is 1.64 bits per heavy atom. The second kappa shape index (κ2) is 16.3. The van der Waals surface area contributed by atoms with E-state index in [4.69, 9.17) is 15.2 Å². The van der Waals surface area contributed by atoms with Crippen LogP contribution < -0.4 is 26.4 Å². The minimum atomic E-state index is -1.80. The molecular formula is C36H45N5O8S. The van der Waals surface area contributed by atoms with Crippen LogP contribution in [-0.2, 0) is 30.3 Å². The fraction of sp³-hybridized carbons (Fsp3) is 0.417. The number of fused-ring (bicyclic) bond motifs is 1. The minimum Gasteiger partial charge on any atom is -0.457 e. The number of thioether (sulfide) groups is 1. The van der Waals surface area contributed by atoms with Crippen molar-refractivity contribution in [1.29, 1.82) is 0 Å². The summed E-state index contributed by atoms with van der Waals surface area (Å²) in [7, 11) is 0. The van der Waals surface area contributed by atoms with Crippen LogP contribution in [0.4, 0.5) is 4.79 Å². The number of rotatable bonds is 13. The number of ether oxygens (including phenoxy) is 2. The highest BCUT2D eigenvalue weighted by Crippen LogP contribution is 2.40. The van der Waals surface area contributed by atoms with E-state index in [1.807, 2.05) is 65.0 Å². The monoisotopic (exact) mass is 707 g/mol. The summed E-state index contributed by atoms with van der Waals surface area (Å²) in [5, 5.41) is 21.1. The van der Waals surface area contributed by atoms with Crippen molar-refractivity contribution in [2.24, 2.45) is 5.73 Å². The molecule has 3 aromatic carbocycles. The van der Waals surface area contributed by atoms with Gasteiger partial charge in [-0.05, 0) is 58.1 Å². The smallest absolute Gasteiger partial charge is 0.410 e. The van der Waals surface area contributed by atoms with Crippen molar-refractivity contribution in [3.63, 3.8) is 0 Å². The fourth-order valence-corrected chi connectivity index (χ4v) is 6.79. The number of primary amides is 1. The fourth-order valence-electron chi connectivity index (χ4n) is 5.65. The van der Waals surface area contributed by atoms with E-state index < -0.39 is 71.5 Å². The van der Waals surface area contributed by atoms with Crippen LogP contribution in [0.2, 0.25) is 0 Å². The van der Waals surface area contributed by atoms with Crippen LogP contribution in [0.25, 0.3) is 10.8 Å². The number of aliphatic hydroxyl groups is 1. The molecule has 3 aromatic rings. The SMILES string of the molecule is CC(C)(C)NC(=O)C1N(C(=O)[C@@H](O)[C@H](Cc2ccccc2)NC(=O)[C@H](CC(N)=O)NC(=O)OCOc2cccc3ccccc23)CSC1(C)C. The van der Waals surface area contributed by atoms with Gasteiger partial charge in [0.2, 0.25) is 24.5 Å². The molecule has 0 saturated carbocycles. The molecule has 1 heterocycles. The van der Waals surface area contributed by atoms with Gasteiger partial charge < -0.3 is 41.2 Å². The third-order valence-corrected chi connectivity index (χ3v) is 9.38. The van der Waals surface area contributed by atoms with Gasteiger partial charge in [-0.3, -0.25) is 19.2 Å². The molecule has 0 aliphatic carbocycles. The van der Waals surface area contributed by atoms with Crippen molar-refractivity contribution in [2.45, 2.75) is 82.0 Å². The highest BCUT2D eigenvalue weighted by atomic mass is 32.2. The molecule has 1 unspecified atom stereocenters. The average Bonchev–Trinajstić information content (AvgIpc) is 3.37. The Kier molecular flexibility index (Phi) is 12.4. The number of alkyl carbamates (subject to hydrolysis) is 1. The van der Waals surface area contributed by atoms with E-state index in [1.54, 1.807) is 42.5 Å². The zero-order valence-corrected chi connectivity index (χ0v) is 29.6. The Bertz CT molecular complexity index is 1690. The lowest BCUT2D eigenvalue weighted by Gasteiger charge is -2.35. The van der Waals surface area contributed by atoms with Crippen molar-refractivity contribution in [3.8, 4) is 5.75 Å². The molecule has 14 heteroatoms. The Labute approximate surface area is 295 Å². The normalized spacial score (nSPS) is 17.2. The first kappa shape index (κ1) is 38.0. The summed E-state index contributed by atoms with van der Waals surface area (Å²) in [4.78, 5) is 66.9. The maximum atomic E-state index is 13.9. The number of carbonyl (C=O) groups is 5. The molecule has 5 amide bonds. The maximum absolute atomic E-state index is 13.9. The zero-order valence-electron chi connectivity index (χ0n) is 28.8. The van der Waals surface area contributed by atoms with E-state index in [0.717, 1.165) is 10.8 Å². The molecule has 1 saturated heterocycles. The largest absolute Gasteiger partial charge is 0.457 e. The second-order valence-corrected chi connectivity index (χ2v) is 15.2. The molecule has 268 valence electrons. The van der Waals surface area contributed by atoms with Crippen molar-refractivity contribution < 1.29 is 38.6 Å². The van der Waals surface area contributed by atoms with Crippen LogP contribution in [0.15, 0.2) is 72.8 Å². The third-order valence-electron chi connectivity index (χ3n) is 8.00. The summed E-state index contributed by atoms with van der Waals surface area (Å²) in [5.41, 5.74) is 5.53. The molecule has 0 spiro atoms. The van der Waals surface area contributed by atoms with Crippen LogP contribution in [0.5, 0.6) is 5.75 Å². The van der Waals surface area contributed by atoms with Crippen molar-refractivity contribution in [3.05, 3.63) is 78.4 Å². The summed E-state index contributed by atoms with van der Waals surface area (Å²) in [5.74, 6) is -2.30. The molecule has 4 atom stereocenters. The number of nitrogens with one attached hydrogen (secondary N) is 3. The summed E-state index contributed by atoms with van der Waals surface area (Å²) < 4.78 is 10.1. The second-order valence-electron chi connectivity index (χ2n) is 13.6. The summed E-state index contributed by atoms with van der Waals surface area (Å²) in [6, 6.07) is 18.1. The molecule has 6 N–H and O–H groups in total. The van der Waals surface area contributed by atoms with E-state index in [2.05, 4.69) is 16.0 Å². The summed E-state index contributed by atoms with van der Waals surface area (Å²) in [6.45, 7) is 8.69. The Hall–Kier alpha value is -4.82. The van der Waals surface area contributed by atoms with E-state index in [-0.39, 0.29) is 18.2 Å². The van der Waals surface area contributed by atoms with Crippen molar-refractivity contribution in [2.75, 3.05) is 12.7 Å². The van der Waals surface area contributed by atoms with E-state index >= 15 is 0 Å². The molecule has 0 aromatic heterocycles. The van der Waals surface area contributed by atoms with Gasteiger partial charge in [-0.25, -0.2) is 4.79 Å². The van der Waals surface area contributed by atoms with Gasteiger partial charge in [0.05, 0.1) is 18.3 Å². The molecular weight excluding hydrogens is 662 g/mol. The predicted octanol–water partition coefficient (Wildman–Crippen LogP) is 2.83.